The van der Waals surface area contributed by atoms with Crippen LogP contribution < -0.4 is 14.2 Å². The normalized spacial score (nSPS) is 13.5. The van der Waals surface area contributed by atoms with Gasteiger partial charge >= 0.3 is 5.97 Å². The highest BCUT2D eigenvalue weighted by atomic mass is 32.2. The molecule has 0 aliphatic carbocycles. The number of methoxy groups -OCH3 is 1. The molecule has 1 N–H and O–H groups in total. The predicted molar refractivity (Wildman–Crippen MR) is 118 cm³/mol. The van der Waals surface area contributed by atoms with Crippen molar-refractivity contribution < 1.29 is 32.2 Å². The van der Waals surface area contributed by atoms with Crippen LogP contribution >= 0.6 is 0 Å². The molecular weight excluding hydrogens is 436 g/mol. The first-order valence-electron chi connectivity index (χ1n) is 10.2. The molecule has 10 heteroatoms. The highest BCUT2D eigenvalue weighted by molar-refractivity contribution is 7.92. The molecule has 0 saturated carbocycles. The third kappa shape index (κ3) is 5.70. The SMILES string of the molecule is CCOC(=O)COc1cc(S(=O)(=O)Nc2ccc(C(=O)N3CCCC3)cc2)ccc1OC. The van der Waals surface area contributed by atoms with Gasteiger partial charge in [0.15, 0.2) is 18.1 Å². The molecular formula is C22H26N2O7S. The Morgan fingerprint density at radius 2 is 1.72 bits per heavy atom. The van der Waals surface area contributed by atoms with Gasteiger partial charge in [-0.2, -0.15) is 0 Å². The minimum absolute atomic E-state index is 0.0598. The third-order valence-electron chi connectivity index (χ3n) is 4.87. The van der Waals surface area contributed by atoms with Gasteiger partial charge in [-0.25, -0.2) is 13.2 Å². The first-order chi connectivity index (χ1) is 15.3. The number of rotatable bonds is 9. The molecule has 0 atom stereocenters. The molecule has 32 heavy (non-hydrogen) atoms. The third-order valence-corrected chi connectivity index (χ3v) is 6.25. The van der Waals surface area contributed by atoms with Gasteiger partial charge in [0.25, 0.3) is 15.9 Å². The number of hydrogen-bond acceptors (Lipinski definition) is 7. The molecule has 1 heterocycles. The van der Waals surface area contributed by atoms with Crippen molar-refractivity contribution >= 4 is 27.6 Å². The second-order valence-electron chi connectivity index (χ2n) is 7.09. The smallest absolute Gasteiger partial charge is 0.344 e. The Labute approximate surface area is 187 Å². The lowest BCUT2D eigenvalue weighted by Crippen LogP contribution is -2.27. The predicted octanol–water partition coefficient (Wildman–Crippen LogP) is 2.67. The largest absolute Gasteiger partial charge is 0.493 e. The lowest BCUT2D eigenvalue weighted by atomic mass is 10.2. The summed E-state index contributed by atoms with van der Waals surface area (Å²) in [4.78, 5) is 25.7. The van der Waals surface area contributed by atoms with E-state index in [-0.39, 0.29) is 35.5 Å². The van der Waals surface area contributed by atoms with Crippen LogP contribution in [-0.2, 0) is 19.6 Å². The van der Waals surface area contributed by atoms with Crippen LogP contribution in [-0.4, -0.2) is 58.6 Å². The number of carbonyl (C=O) groups excluding carboxylic acids is 2. The van der Waals surface area contributed by atoms with E-state index in [1.165, 1.54) is 25.3 Å². The number of nitrogens with one attached hydrogen (secondary N) is 1. The molecule has 0 aromatic heterocycles. The summed E-state index contributed by atoms with van der Waals surface area (Å²) in [7, 11) is -2.55. The van der Waals surface area contributed by atoms with Crippen LogP contribution in [0.2, 0.25) is 0 Å². The van der Waals surface area contributed by atoms with E-state index < -0.39 is 16.0 Å². The zero-order valence-corrected chi connectivity index (χ0v) is 18.8. The van der Waals surface area contributed by atoms with E-state index in [2.05, 4.69) is 4.72 Å². The number of hydrogen-bond donors (Lipinski definition) is 1. The number of carbonyl (C=O) groups is 2. The van der Waals surface area contributed by atoms with Crippen LogP contribution in [0.5, 0.6) is 11.5 Å². The minimum Gasteiger partial charge on any atom is -0.493 e. The van der Waals surface area contributed by atoms with Crippen molar-refractivity contribution in [3.8, 4) is 11.5 Å². The van der Waals surface area contributed by atoms with Crippen LogP contribution in [0.3, 0.4) is 0 Å². The molecule has 1 saturated heterocycles. The Morgan fingerprint density at radius 3 is 2.34 bits per heavy atom. The molecule has 1 aliphatic rings. The van der Waals surface area contributed by atoms with E-state index >= 15 is 0 Å². The van der Waals surface area contributed by atoms with Crippen molar-refractivity contribution in [2.24, 2.45) is 0 Å². The average molecular weight is 463 g/mol. The maximum atomic E-state index is 12.8. The van der Waals surface area contributed by atoms with E-state index in [0.29, 0.717) is 11.3 Å². The molecule has 1 amide bonds. The second kappa shape index (κ2) is 10.4. The van der Waals surface area contributed by atoms with Gasteiger partial charge in [0.1, 0.15) is 0 Å². The Kier molecular flexibility index (Phi) is 7.57. The maximum Gasteiger partial charge on any atom is 0.344 e. The quantitative estimate of drug-likeness (QED) is 0.570. The Balaban J connectivity index is 1.73. The van der Waals surface area contributed by atoms with Crippen molar-refractivity contribution in [2.75, 3.05) is 38.1 Å². The summed E-state index contributed by atoms with van der Waals surface area (Å²) in [6.45, 7) is 2.98. The number of nitrogens with zero attached hydrogens (tertiary/aromatic N) is 1. The number of esters is 1. The number of anilines is 1. The first kappa shape index (κ1) is 23.4. The van der Waals surface area contributed by atoms with Crippen LogP contribution in [0.1, 0.15) is 30.1 Å². The molecule has 9 nitrogen and oxygen atoms in total. The summed E-state index contributed by atoms with van der Waals surface area (Å²) in [6, 6.07) is 10.4. The van der Waals surface area contributed by atoms with Crippen molar-refractivity contribution in [3.05, 3.63) is 48.0 Å². The molecule has 2 aromatic rings. The van der Waals surface area contributed by atoms with E-state index in [9.17, 15) is 18.0 Å². The zero-order chi connectivity index (χ0) is 23.1. The maximum absolute atomic E-state index is 12.8. The van der Waals surface area contributed by atoms with Crippen molar-refractivity contribution in [3.63, 3.8) is 0 Å². The summed E-state index contributed by atoms with van der Waals surface area (Å²) in [5.41, 5.74) is 0.821. The van der Waals surface area contributed by atoms with Gasteiger partial charge in [0.05, 0.1) is 18.6 Å². The van der Waals surface area contributed by atoms with Crippen LogP contribution in [0.15, 0.2) is 47.4 Å². The summed E-state index contributed by atoms with van der Waals surface area (Å²) >= 11 is 0. The summed E-state index contributed by atoms with van der Waals surface area (Å²) in [6.07, 6.45) is 1.99. The first-order valence-corrected chi connectivity index (χ1v) is 11.7. The van der Waals surface area contributed by atoms with Gasteiger partial charge in [0, 0.05) is 30.4 Å². The average Bonchev–Trinajstić information content (AvgIpc) is 3.32. The van der Waals surface area contributed by atoms with Gasteiger partial charge in [-0.15, -0.1) is 0 Å². The Bertz CT molecular complexity index is 1060. The van der Waals surface area contributed by atoms with Gasteiger partial charge in [0.2, 0.25) is 0 Å². The van der Waals surface area contributed by atoms with Crippen LogP contribution in [0, 0.1) is 0 Å². The van der Waals surface area contributed by atoms with E-state index in [0.717, 1.165) is 25.9 Å². The van der Waals surface area contributed by atoms with Crippen molar-refractivity contribution in [1.29, 1.82) is 0 Å². The molecule has 1 aliphatic heterocycles. The zero-order valence-electron chi connectivity index (χ0n) is 18.0. The number of amides is 1. The van der Waals surface area contributed by atoms with E-state index in [4.69, 9.17) is 14.2 Å². The highest BCUT2D eigenvalue weighted by Gasteiger charge is 2.21. The minimum atomic E-state index is -3.96. The molecule has 2 aromatic carbocycles. The van der Waals surface area contributed by atoms with Gasteiger partial charge in [-0.3, -0.25) is 9.52 Å². The molecule has 0 spiro atoms. The molecule has 0 bridgehead atoms. The molecule has 0 unspecified atom stereocenters. The van der Waals surface area contributed by atoms with Gasteiger partial charge in [-0.1, -0.05) is 0 Å². The number of ether oxygens (including phenoxy) is 3. The summed E-state index contributed by atoms with van der Waals surface area (Å²) in [5, 5.41) is 0. The second-order valence-corrected chi connectivity index (χ2v) is 8.77. The lowest BCUT2D eigenvalue weighted by Gasteiger charge is -2.16. The fourth-order valence-electron chi connectivity index (χ4n) is 3.27. The monoisotopic (exact) mass is 462 g/mol. The number of likely N-dealkylation sites (tertiary alicyclic amines) is 1. The van der Waals surface area contributed by atoms with E-state index in [1.54, 1.807) is 36.1 Å². The van der Waals surface area contributed by atoms with E-state index in [1.807, 2.05) is 0 Å². The fourth-order valence-corrected chi connectivity index (χ4v) is 4.35. The highest BCUT2D eigenvalue weighted by Crippen LogP contribution is 2.30. The molecule has 1 fully saturated rings. The van der Waals surface area contributed by atoms with Crippen LogP contribution in [0.25, 0.3) is 0 Å². The molecule has 0 radical (unpaired) electrons. The van der Waals surface area contributed by atoms with Crippen LogP contribution in [0.4, 0.5) is 5.69 Å². The topological polar surface area (TPSA) is 111 Å². The van der Waals surface area contributed by atoms with Gasteiger partial charge in [-0.05, 0) is 56.2 Å². The number of benzene rings is 2. The Morgan fingerprint density at radius 1 is 1.03 bits per heavy atom. The standard InChI is InChI=1S/C22H26N2O7S/c1-3-30-21(25)15-31-20-14-18(10-11-19(20)29-2)32(27,28)23-17-8-6-16(7-9-17)22(26)24-12-4-5-13-24/h6-11,14,23H,3-5,12-13,15H2,1-2H3. The Hall–Kier alpha value is -3.27. The number of sulfonamides is 1. The fraction of sp³-hybridized carbons (Fsp3) is 0.364. The lowest BCUT2D eigenvalue weighted by molar-refractivity contribution is -0.145. The van der Waals surface area contributed by atoms with Gasteiger partial charge < -0.3 is 19.1 Å². The summed E-state index contributed by atoms with van der Waals surface area (Å²) in [5.74, 6) is -0.270. The van der Waals surface area contributed by atoms with Crippen molar-refractivity contribution in [2.45, 2.75) is 24.7 Å². The molecule has 172 valence electrons. The van der Waals surface area contributed by atoms with Crippen molar-refractivity contribution in [1.82, 2.24) is 4.90 Å². The molecule has 3 rings (SSSR count). The summed E-state index contributed by atoms with van der Waals surface area (Å²) < 4.78 is 43.5.